The van der Waals surface area contributed by atoms with E-state index in [1.54, 1.807) is 18.3 Å². The summed E-state index contributed by atoms with van der Waals surface area (Å²) < 4.78 is 0. The predicted molar refractivity (Wildman–Crippen MR) is 136 cm³/mol. The van der Waals surface area contributed by atoms with Crippen LogP contribution in [0.3, 0.4) is 0 Å². The molecule has 14 heteroatoms. The first-order chi connectivity index (χ1) is 17.4. The second-order valence-electron chi connectivity index (χ2n) is 8.47. The number of carboxylic acids is 2. The molecule has 37 heavy (non-hydrogen) atoms. The van der Waals surface area contributed by atoms with Gasteiger partial charge in [-0.05, 0) is 25.0 Å². The van der Waals surface area contributed by atoms with Crippen LogP contribution < -0.4 is 21.7 Å². The molecule has 0 radical (unpaired) electrons. The number of aliphatic carboxylic acids is 2. The molecule has 9 N–H and O–H groups in total. The first-order valence-electron chi connectivity index (χ1n) is 11.4. The van der Waals surface area contributed by atoms with Crippen molar-refractivity contribution in [2.45, 2.75) is 56.5 Å². The summed E-state index contributed by atoms with van der Waals surface area (Å²) in [7, 11) is 0. The number of H-pyrrole nitrogens is 1. The molecule has 0 saturated heterocycles. The molecule has 0 fully saturated rings. The third kappa shape index (κ3) is 8.48. The zero-order valence-electron chi connectivity index (χ0n) is 20.0. The number of carboxylic acid groups (broad SMARTS) is 2. The van der Waals surface area contributed by atoms with Crippen molar-refractivity contribution < 1.29 is 39.3 Å². The maximum absolute atomic E-state index is 13.0. The van der Waals surface area contributed by atoms with Gasteiger partial charge in [-0.3, -0.25) is 19.2 Å². The van der Waals surface area contributed by atoms with Gasteiger partial charge in [0, 0.05) is 35.7 Å². The van der Waals surface area contributed by atoms with Crippen LogP contribution >= 0.6 is 12.6 Å². The largest absolute Gasteiger partial charge is 0.481 e. The van der Waals surface area contributed by atoms with Crippen molar-refractivity contribution in [1.82, 2.24) is 20.9 Å². The number of aliphatic hydroxyl groups is 1. The summed E-state index contributed by atoms with van der Waals surface area (Å²) in [4.78, 5) is 64.0. The van der Waals surface area contributed by atoms with E-state index in [0.717, 1.165) is 10.9 Å². The zero-order valence-corrected chi connectivity index (χ0v) is 20.9. The molecule has 1 aromatic carbocycles. The Labute approximate surface area is 217 Å². The molecule has 5 unspecified atom stereocenters. The number of carbonyl (C=O) groups is 5. The Morgan fingerprint density at radius 3 is 2.24 bits per heavy atom. The molecule has 0 bridgehead atoms. The fraction of sp³-hybridized carbons (Fsp3) is 0.435. The second-order valence-corrected chi connectivity index (χ2v) is 8.84. The summed E-state index contributed by atoms with van der Waals surface area (Å²) >= 11 is 3.90. The normalized spacial score (nSPS) is 15.1. The average molecular weight is 538 g/mol. The smallest absolute Gasteiger partial charge is 0.326 e. The van der Waals surface area contributed by atoms with Crippen molar-refractivity contribution in [1.29, 1.82) is 0 Å². The van der Waals surface area contributed by atoms with Gasteiger partial charge in [0.05, 0.1) is 12.1 Å². The number of aliphatic hydroxyl groups excluding tert-OH is 1. The molecule has 3 amide bonds. The van der Waals surface area contributed by atoms with Crippen LogP contribution in [-0.2, 0) is 30.4 Å². The molecule has 1 heterocycles. The summed E-state index contributed by atoms with van der Waals surface area (Å²) in [5.74, 6) is -5.31. The number of hydrogen-bond acceptors (Lipinski definition) is 8. The summed E-state index contributed by atoms with van der Waals surface area (Å²) in [5, 5.41) is 36.4. The predicted octanol–water partition coefficient (Wildman–Crippen LogP) is -1.25. The van der Waals surface area contributed by atoms with Crippen molar-refractivity contribution in [2.24, 2.45) is 5.73 Å². The van der Waals surface area contributed by atoms with Crippen LogP contribution in [0.15, 0.2) is 30.5 Å². The van der Waals surface area contributed by atoms with Crippen LogP contribution in [-0.4, -0.2) is 86.0 Å². The highest BCUT2D eigenvalue weighted by Crippen LogP contribution is 2.19. The van der Waals surface area contributed by atoms with Crippen LogP contribution in [0, 0.1) is 0 Å². The van der Waals surface area contributed by atoms with Gasteiger partial charge < -0.3 is 42.0 Å². The maximum Gasteiger partial charge on any atom is 0.326 e. The van der Waals surface area contributed by atoms with E-state index >= 15 is 0 Å². The fourth-order valence-electron chi connectivity index (χ4n) is 3.54. The number of nitrogens with one attached hydrogen (secondary N) is 4. The Bertz CT molecular complexity index is 1140. The minimum absolute atomic E-state index is 0.0311. The van der Waals surface area contributed by atoms with Gasteiger partial charge in [0.1, 0.15) is 18.1 Å². The van der Waals surface area contributed by atoms with E-state index in [1.807, 2.05) is 12.1 Å². The number of hydrogen-bond donors (Lipinski definition) is 9. The number of aromatic nitrogens is 1. The number of benzene rings is 1. The van der Waals surface area contributed by atoms with Gasteiger partial charge in [-0.2, -0.15) is 12.6 Å². The first-order valence-corrected chi connectivity index (χ1v) is 12.0. The molecule has 202 valence electrons. The Kier molecular flexibility index (Phi) is 10.9. The maximum atomic E-state index is 13.0. The lowest BCUT2D eigenvalue weighted by atomic mass is 10.0. The molecule has 0 aliphatic carbocycles. The van der Waals surface area contributed by atoms with E-state index in [4.69, 9.17) is 10.8 Å². The lowest BCUT2D eigenvalue weighted by molar-refractivity contribution is -0.143. The number of thiol groups is 1. The number of rotatable bonds is 14. The standard InChI is InChI=1S/C23H31N5O8S/c1-11(29)19(28-20(32)14(24)10-37)22(34)26-16(6-7-18(30)31)21(33)27-17(23(35)36)8-12-9-25-15-5-3-2-4-13(12)15/h2-5,9,11,14,16-17,19,25,29,37H,6-8,10,24H2,1H3,(H,26,34)(H,27,33)(H,28,32)(H,30,31)(H,35,36). The van der Waals surface area contributed by atoms with Crippen molar-refractivity contribution in [3.8, 4) is 0 Å². The summed E-state index contributed by atoms with van der Waals surface area (Å²) in [6.45, 7) is 1.23. The highest BCUT2D eigenvalue weighted by molar-refractivity contribution is 7.80. The van der Waals surface area contributed by atoms with Crippen molar-refractivity contribution in [3.05, 3.63) is 36.0 Å². The van der Waals surface area contributed by atoms with E-state index in [9.17, 15) is 34.2 Å². The molecule has 5 atom stereocenters. The van der Waals surface area contributed by atoms with Gasteiger partial charge in [-0.1, -0.05) is 18.2 Å². The van der Waals surface area contributed by atoms with Gasteiger partial charge in [0.25, 0.3) is 0 Å². The highest BCUT2D eigenvalue weighted by atomic mass is 32.1. The third-order valence-corrected chi connectivity index (χ3v) is 5.98. The summed E-state index contributed by atoms with van der Waals surface area (Å²) in [5.41, 5.74) is 6.99. The molecule has 13 nitrogen and oxygen atoms in total. The highest BCUT2D eigenvalue weighted by Gasteiger charge is 2.32. The SMILES string of the molecule is CC(O)C(NC(=O)C(N)CS)C(=O)NC(CCC(=O)O)C(=O)NC(Cc1c[nH]c2ccccc12)C(=O)O. The van der Waals surface area contributed by atoms with E-state index < -0.39 is 66.4 Å². The molecule has 0 aliphatic heterocycles. The Balaban J connectivity index is 2.19. The van der Waals surface area contributed by atoms with E-state index in [0.29, 0.717) is 5.56 Å². The topological polar surface area (TPSA) is 224 Å². The molecule has 0 aliphatic rings. The van der Waals surface area contributed by atoms with Crippen LogP contribution in [0.1, 0.15) is 25.3 Å². The van der Waals surface area contributed by atoms with Crippen molar-refractivity contribution in [3.63, 3.8) is 0 Å². The minimum Gasteiger partial charge on any atom is -0.481 e. The van der Waals surface area contributed by atoms with E-state index in [1.165, 1.54) is 6.92 Å². The number of para-hydroxylation sites is 1. The molecule has 2 aromatic rings. The van der Waals surface area contributed by atoms with Gasteiger partial charge in [-0.15, -0.1) is 0 Å². The van der Waals surface area contributed by atoms with Crippen LogP contribution in [0.25, 0.3) is 10.9 Å². The molecule has 0 saturated carbocycles. The van der Waals surface area contributed by atoms with Crippen molar-refractivity contribution in [2.75, 3.05) is 5.75 Å². The van der Waals surface area contributed by atoms with E-state index in [2.05, 4.69) is 33.6 Å². The van der Waals surface area contributed by atoms with Crippen LogP contribution in [0.5, 0.6) is 0 Å². The molecular weight excluding hydrogens is 506 g/mol. The van der Waals surface area contributed by atoms with Gasteiger partial charge in [0.15, 0.2) is 0 Å². The molecule has 0 spiro atoms. The minimum atomic E-state index is -1.51. The lowest BCUT2D eigenvalue weighted by Crippen LogP contribution is -2.60. The Hall–Kier alpha value is -3.62. The van der Waals surface area contributed by atoms with E-state index in [-0.39, 0.29) is 18.6 Å². The molecular formula is C23H31N5O8S. The Morgan fingerprint density at radius 1 is 1.00 bits per heavy atom. The average Bonchev–Trinajstić information content (AvgIpc) is 3.26. The molecule has 1 aromatic heterocycles. The fourth-order valence-corrected chi connectivity index (χ4v) is 3.71. The molecule has 2 rings (SSSR count). The zero-order chi connectivity index (χ0) is 27.7. The number of amides is 3. The number of fused-ring (bicyclic) bond motifs is 1. The van der Waals surface area contributed by atoms with Crippen LogP contribution in [0.2, 0.25) is 0 Å². The quantitative estimate of drug-likeness (QED) is 0.131. The number of aromatic amines is 1. The Morgan fingerprint density at radius 2 is 1.65 bits per heavy atom. The summed E-state index contributed by atoms with van der Waals surface area (Å²) in [6.07, 6.45) is -0.744. The first kappa shape index (κ1) is 29.6. The number of nitrogens with two attached hydrogens (primary N) is 1. The van der Waals surface area contributed by atoms with Gasteiger partial charge in [-0.25, -0.2) is 4.79 Å². The number of carbonyl (C=O) groups excluding carboxylic acids is 3. The second kappa shape index (κ2) is 13.6. The van der Waals surface area contributed by atoms with Crippen LogP contribution in [0.4, 0.5) is 0 Å². The lowest BCUT2D eigenvalue weighted by Gasteiger charge is -2.26. The van der Waals surface area contributed by atoms with Gasteiger partial charge in [0.2, 0.25) is 17.7 Å². The van der Waals surface area contributed by atoms with Gasteiger partial charge >= 0.3 is 11.9 Å². The third-order valence-electron chi connectivity index (χ3n) is 5.59. The summed E-state index contributed by atoms with van der Waals surface area (Å²) in [6, 6.07) is 1.76. The van der Waals surface area contributed by atoms with Crippen molar-refractivity contribution >= 4 is 53.2 Å². The monoisotopic (exact) mass is 537 g/mol.